The number of carbonyl (C=O) groups is 1. The smallest absolute Gasteiger partial charge is 0.225 e. The maximum absolute atomic E-state index is 13.0. The number of thioether (sulfide) groups is 1. The summed E-state index contributed by atoms with van der Waals surface area (Å²) >= 11 is 3.18. The Hall–Kier alpha value is -2.71. The number of rotatable bonds is 7. The molecule has 0 unspecified atom stereocenters. The summed E-state index contributed by atoms with van der Waals surface area (Å²) in [5.74, 6) is 1.10. The Balaban J connectivity index is 1.41. The van der Waals surface area contributed by atoms with Crippen molar-refractivity contribution in [3.8, 4) is 5.13 Å². The molecule has 0 aliphatic rings. The quantitative estimate of drug-likeness (QED) is 0.234. The van der Waals surface area contributed by atoms with Gasteiger partial charge in [0.05, 0.1) is 15.9 Å². The van der Waals surface area contributed by atoms with E-state index in [1.54, 1.807) is 39.9 Å². The Labute approximate surface area is 201 Å². The molecule has 5 nitrogen and oxygen atoms in total. The Morgan fingerprint density at radius 1 is 1.15 bits per heavy atom. The fraction of sp³-hybridized carbons (Fsp3) is 0.320. The average Bonchev–Trinajstić information content (AvgIpc) is 3.34. The number of halogens is 1. The molecule has 0 fully saturated rings. The first-order chi connectivity index (χ1) is 15.7. The van der Waals surface area contributed by atoms with Crippen LogP contribution >= 0.6 is 23.1 Å². The molecule has 0 aliphatic carbocycles. The summed E-state index contributed by atoms with van der Waals surface area (Å²) in [7, 11) is 0. The van der Waals surface area contributed by atoms with Crippen LogP contribution in [0.15, 0.2) is 53.4 Å². The van der Waals surface area contributed by atoms with Gasteiger partial charge in [-0.2, -0.15) is 9.78 Å². The van der Waals surface area contributed by atoms with E-state index in [1.807, 2.05) is 19.1 Å². The van der Waals surface area contributed by atoms with E-state index in [1.165, 1.54) is 17.7 Å². The number of nitrogens with one attached hydrogen (secondary N) is 1. The standard InChI is InChI=1S/C25H27FN4OS2/c1-16-14-22(28-23(31)6-5-13-32-19-10-8-18(26)9-11-19)30(29-16)24-27-20-12-7-17(25(2,3)4)15-21(20)33-24/h7-12,14-15H,5-6,13H2,1-4H3,(H,28,31). The van der Waals surface area contributed by atoms with Crippen LogP contribution in [0.25, 0.3) is 15.3 Å². The summed E-state index contributed by atoms with van der Waals surface area (Å²) in [6.07, 6.45) is 1.12. The van der Waals surface area contributed by atoms with Gasteiger partial charge in [-0.25, -0.2) is 9.37 Å². The van der Waals surface area contributed by atoms with Crippen molar-refractivity contribution in [2.45, 2.75) is 50.8 Å². The normalized spacial score (nSPS) is 11.8. The molecule has 2 aromatic heterocycles. The molecule has 4 rings (SSSR count). The van der Waals surface area contributed by atoms with Gasteiger partial charge in [0.15, 0.2) is 0 Å². The fourth-order valence-corrected chi connectivity index (χ4v) is 5.19. The molecule has 4 aromatic rings. The Kier molecular flexibility index (Phi) is 6.86. The van der Waals surface area contributed by atoms with Crippen LogP contribution < -0.4 is 5.32 Å². The molecule has 0 saturated carbocycles. The third-order valence-electron chi connectivity index (χ3n) is 5.15. The molecule has 2 aromatic carbocycles. The molecule has 0 atom stereocenters. The van der Waals surface area contributed by atoms with E-state index in [0.29, 0.717) is 12.2 Å². The van der Waals surface area contributed by atoms with Crippen molar-refractivity contribution in [3.63, 3.8) is 0 Å². The number of aromatic nitrogens is 3. The second kappa shape index (κ2) is 9.65. The highest BCUT2D eigenvalue weighted by molar-refractivity contribution is 7.99. The van der Waals surface area contributed by atoms with Gasteiger partial charge in [-0.15, -0.1) is 11.8 Å². The van der Waals surface area contributed by atoms with Gasteiger partial charge in [0.25, 0.3) is 0 Å². The molecule has 0 aliphatic heterocycles. The number of anilines is 1. The number of benzene rings is 2. The first kappa shape index (κ1) is 23.4. The van der Waals surface area contributed by atoms with E-state index in [0.717, 1.165) is 38.1 Å². The molecule has 2 heterocycles. The van der Waals surface area contributed by atoms with Crippen molar-refractivity contribution in [1.29, 1.82) is 0 Å². The van der Waals surface area contributed by atoms with Crippen LogP contribution in [0.2, 0.25) is 0 Å². The second-order valence-corrected chi connectivity index (χ2v) is 11.1. The summed E-state index contributed by atoms with van der Waals surface area (Å²) in [6, 6.07) is 14.6. The molecule has 1 amide bonds. The monoisotopic (exact) mass is 482 g/mol. The van der Waals surface area contributed by atoms with Crippen molar-refractivity contribution in [3.05, 3.63) is 65.6 Å². The Morgan fingerprint density at radius 3 is 2.64 bits per heavy atom. The topological polar surface area (TPSA) is 59.8 Å². The van der Waals surface area contributed by atoms with Gasteiger partial charge in [0, 0.05) is 17.4 Å². The largest absolute Gasteiger partial charge is 0.311 e. The molecular weight excluding hydrogens is 455 g/mol. The average molecular weight is 483 g/mol. The maximum atomic E-state index is 13.0. The third-order valence-corrected chi connectivity index (χ3v) is 7.25. The minimum absolute atomic E-state index is 0.0630. The lowest BCUT2D eigenvalue weighted by atomic mass is 9.87. The Morgan fingerprint density at radius 2 is 1.91 bits per heavy atom. The first-order valence-corrected chi connectivity index (χ1v) is 12.7. The molecule has 33 heavy (non-hydrogen) atoms. The van der Waals surface area contributed by atoms with Crippen LogP contribution in [-0.4, -0.2) is 26.4 Å². The highest BCUT2D eigenvalue weighted by Gasteiger charge is 2.18. The van der Waals surface area contributed by atoms with E-state index in [2.05, 4.69) is 43.3 Å². The van der Waals surface area contributed by atoms with Crippen molar-refractivity contribution >= 4 is 45.0 Å². The second-order valence-electron chi connectivity index (χ2n) is 8.97. The van der Waals surface area contributed by atoms with Gasteiger partial charge < -0.3 is 5.32 Å². The molecule has 1 N–H and O–H groups in total. The minimum atomic E-state index is -0.242. The number of fused-ring (bicyclic) bond motifs is 1. The first-order valence-electron chi connectivity index (χ1n) is 10.9. The molecule has 0 radical (unpaired) electrons. The fourth-order valence-electron chi connectivity index (χ4n) is 3.36. The van der Waals surface area contributed by atoms with E-state index in [-0.39, 0.29) is 17.1 Å². The van der Waals surface area contributed by atoms with Gasteiger partial charge in [-0.3, -0.25) is 4.79 Å². The molecule has 0 saturated heterocycles. The van der Waals surface area contributed by atoms with Crippen molar-refractivity contribution in [1.82, 2.24) is 14.8 Å². The lowest BCUT2D eigenvalue weighted by molar-refractivity contribution is -0.116. The number of carbonyl (C=O) groups excluding carboxylic acids is 1. The van der Waals surface area contributed by atoms with Crippen LogP contribution in [-0.2, 0) is 10.2 Å². The van der Waals surface area contributed by atoms with Gasteiger partial charge in [0.2, 0.25) is 11.0 Å². The number of hydrogen-bond donors (Lipinski definition) is 1. The summed E-state index contributed by atoms with van der Waals surface area (Å²) in [4.78, 5) is 18.3. The number of hydrogen-bond acceptors (Lipinski definition) is 5. The molecular formula is C25H27FN4OS2. The summed E-state index contributed by atoms with van der Waals surface area (Å²) in [5, 5.41) is 8.27. The highest BCUT2D eigenvalue weighted by Crippen LogP contribution is 2.31. The van der Waals surface area contributed by atoms with E-state index in [4.69, 9.17) is 4.98 Å². The maximum Gasteiger partial charge on any atom is 0.225 e. The van der Waals surface area contributed by atoms with Crippen molar-refractivity contribution in [2.24, 2.45) is 0 Å². The Bertz CT molecular complexity index is 1270. The summed E-state index contributed by atoms with van der Waals surface area (Å²) in [6.45, 7) is 8.48. The predicted molar refractivity (Wildman–Crippen MR) is 135 cm³/mol. The lowest BCUT2D eigenvalue weighted by Crippen LogP contribution is -2.14. The third kappa shape index (κ3) is 5.81. The van der Waals surface area contributed by atoms with Gasteiger partial charge >= 0.3 is 0 Å². The summed E-state index contributed by atoms with van der Waals surface area (Å²) in [5.41, 5.74) is 3.06. The zero-order chi connectivity index (χ0) is 23.6. The highest BCUT2D eigenvalue weighted by atomic mass is 32.2. The van der Waals surface area contributed by atoms with Crippen LogP contribution in [0, 0.1) is 12.7 Å². The van der Waals surface area contributed by atoms with Crippen LogP contribution in [0.4, 0.5) is 10.2 Å². The van der Waals surface area contributed by atoms with Gasteiger partial charge in [0.1, 0.15) is 11.6 Å². The molecule has 0 spiro atoms. The zero-order valence-electron chi connectivity index (χ0n) is 19.2. The van der Waals surface area contributed by atoms with Crippen LogP contribution in [0.1, 0.15) is 44.9 Å². The number of aryl methyl sites for hydroxylation is 1. The van der Waals surface area contributed by atoms with E-state index in [9.17, 15) is 9.18 Å². The van der Waals surface area contributed by atoms with Crippen LogP contribution in [0.3, 0.4) is 0 Å². The van der Waals surface area contributed by atoms with Crippen molar-refractivity contribution in [2.75, 3.05) is 11.1 Å². The minimum Gasteiger partial charge on any atom is -0.311 e. The number of nitrogens with zero attached hydrogens (tertiary/aromatic N) is 3. The van der Waals surface area contributed by atoms with E-state index < -0.39 is 0 Å². The molecule has 0 bridgehead atoms. The zero-order valence-corrected chi connectivity index (χ0v) is 20.8. The number of amides is 1. The summed E-state index contributed by atoms with van der Waals surface area (Å²) < 4.78 is 15.8. The SMILES string of the molecule is Cc1cc(NC(=O)CCCSc2ccc(F)cc2)n(-c2nc3ccc(C(C)(C)C)cc3s2)n1. The lowest BCUT2D eigenvalue weighted by Gasteiger charge is -2.18. The van der Waals surface area contributed by atoms with Gasteiger partial charge in [-0.05, 0) is 66.5 Å². The van der Waals surface area contributed by atoms with Crippen LogP contribution in [0.5, 0.6) is 0 Å². The van der Waals surface area contributed by atoms with E-state index >= 15 is 0 Å². The molecule has 8 heteroatoms. The molecule has 172 valence electrons. The number of thiazole rings is 1. The van der Waals surface area contributed by atoms with Gasteiger partial charge in [-0.1, -0.05) is 38.2 Å². The predicted octanol–water partition coefficient (Wildman–Crippen LogP) is 6.74. The van der Waals surface area contributed by atoms with Crippen molar-refractivity contribution < 1.29 is 9.18 Å².